The Morgan fingerprint density at radius 1 is 1.38 bits per heavy atom. The number of amides is 1. The molecule has 1 saturated heterocycles. The summed E-state index contributed by atoms with van der Waals surface area (Å²) in [6.45, 7) is 8.68. The van der Waals surface area contributed by atoms with Gasteiger partial charge in [-0.3, -0.25) is 9.79 Å². The van der Waals surface area contributed by atoms with Crippen molar-refractivity contribution in [3.05, 3.63) is 46.9 Å². The molecule has 0 radical (unpaired) electrons. The molecule has 154 valence electrons. The Morgan fingerprint density at radius 3 is 2.90 bits per heavy atom. The minimum atomic E-state index is -0.0730. The molecule has 0 unspecified atom stereocenters. The number of carbonyl (C=O) groups excluding carboxylic acids is 1. The average molecular weight is 396 g/mol. The zero-order valence-electron chi connectivity index (χ0n) is 17.3. The van der Waals surface area contributed by atoms with Crippen LogP contribution in [0.2, 0.25) is 0 Å². The Hall–Kier alpha value is -2.67. The molecule has 1 amide bonds. The third-order valence-corrected chi connectivity index (χ3v) is 5.34. The zero-order valence-corrected chi connectivity index (χ0v) is 17.3. The van der Waals surface area contributed by atoms with Crippen molar-refractivity contribution < 1.29 is 14.3 Å². The van der Waals surface area contributed by atoms with Crippen LogP contribution in [0, 0.1) is 0 Å². The van der Waals surface area contributed by atoms with Gasteiger partial charge in [-0.2, -0.15) is 0 Å². The molecule has 7 heteroatoms. The van der Waals surface area contributed by atoms with Crippen molar-refractivity contribution >= 4 is 11.6 Å². The van der Waals surface area contributed by atoms with Crippen LogP contribution in [0.4, 0.5) is 0 Å². The fourth-order valence-electron chi connectivity index (χ4n) is 3.85. The highest BCUT2D eigenvalue weighted by atomic mass is 16.5. The molecule has 0 aliphatic carbocycles. The summed E-state index contributed by atoms with van der Waals surface area (Å²) < 4.78 is 13.7. The summed E-state index contributed by atoms with van der Waals surface area (Å²) in [5, 5.41) is 2.90. The molecule has 0 saturated carbocycles. The Kier molecular flexibility index (Phi) is 5.67. The predicted octanol–water partition coefficient (Wildman–Crippen LogP) is 3.12. The average Bonchev–Trinajstić information content (AvgIpc) is 3.34. The van der Waals surface area contributed by atoms with E-state index in [-0.39, 0.29) is 18.1 Å². The van der Waals surface area contributed by atoms with Crippen molar-refractivity contribution in [3.63, 3.8) is 0 Å². The van der Waals surface area contributed by atoms with Crippen LogP contribution < -0.4 is 10.1 Å². The molecule has 1 N–H and O–H groups in total. The number of hydrogen-bond acceptors (Lipinski definition) is 5. The van der Waals surface area contributed by atoms with Crippen LogP contribution in [0.3, 0.4) is 0 Å². The van der Waals surface area contributed by atoms with Crippen molar-refractivity contribution in [1.29, 1.82) is 0 Å². The van der Waals surface area contributed by atoms with Crippen molar-refractivity contribution in [3.8, 4) is 5.88 Å². The van der Waals surface area contributed by atoms with E-state index >= 15 is 0 Å². The number of fused-ring (bicyclic) bond motifs is 1. The molecule has 0 atom stereocenters. The molecule has 2 aliphatic heterocycles. The van der Waals surface area contributed by atoms with Crippen molar-refractivity contribution in [1.82, 2.24) is 14.9 Å². The van der Waals surface area contributed by atoms with Gasteiger partial charge in [0.05, 0.1) is 31.0 Å². The number of ether oxygens (including phenoxy) is 2. The molecule has 4 heterocycles. The van der Waals surface area contributed by atoms with Gasteiger partial charge in [0.1, 0.15) is 11.8 Å². The van der Waals surface area contributed by atoms with Gasteiger partial charge in [-0.1, -0.05) is 0 Å². The van der Waals surface area contributed by atoms with Gasteiger partial charge in [0.15, 0.2) is 0 Å². The Morgan fingerprint density at radius 2 is 2.17 bits per heavy atom. The summed E-state index contributed by atoms with van der Waals surface area (Å²) in [4.78, 5) is 21.8. The highest BCUT2D eigenvalue weighted by Crippen LogP contribution is 2.32. The Bertz CT molecular complexity index is 926. The Balaban J connectivity index is 1.69. The number of aliphatic imine (C=N–C) groups is 1. The van der Waals surface area contributed by atoms with Gasteiger partial charge in [-0.15, -0.1) is 0 Å². The summed E-state index contributed by atoms with van der Waals surface area (Å²) >= 11 is 0. The quantitative estimate of drug-likeness (QED) is 0.814. The van der Waals surface area contributed by atoms with Gasteiger partial charge in [0.2, 0.25) is 5.88 Å². The molecule has 0 aromatic carbocycles. The minimum Gasteiger partial charge on any atom is -0.474 e. The molecule has 4 rings (SSSR count). The van der Waals surface area contributed by atoms with Crippen LogP contribution in [0.25, 0.3) is 0 Å². The van der Waals surface area contributed by atoms with Crippen LogP contribution >= 0.6 is 0 Å². The first kappa shape index (κ1) is 19.6. The summed E-state index contributed by atoms with van der Waals surface area (Å²) in [7, 11) is 0. The molecule has 29 heavy (non-hydrogen) atoms. The summed E-state index contributed by atoms with van der Waals surface area (Å²) in [5.74, 6) is 0.554. The first-order valence-electron chi connectivity index (χ1n) is 10.4. The Labute approximate surface area is 171 Å². The lowest BCUT2D eigenvalue weighted by molar-refractivity contribution is 0.0236. The summed E-state index contributed by atoms with van der Waals surface area (Å²) in [6.07, 6.45) is 5.63. The number of rotatable bonds is 6. The van der Waals surface area contributed by atoms with E-state index in [0.29, 0.717) is 37.9 Å². The zero-order chi connectivity index (χ0) is 20.4. The predicted molar refractivity (Wildman–Crippen MR) is 111 cm³/mol. The number of carbonyl (C=O) groups is 1. The van der Waals surface area contributed by atoms with E-state index in [0.717, 1.165) is 35.2 Å². The normalized spacial score (nSPS) is 16.6. The van der Waals surface area contributed by atoms with E-state index in [2.05, 4.69) is 24.1 Å². The van der Waals surface area contributed by atoms with Crippen molar-refractivity contribution in [2.45, 2.75) is 52.3 Å². The first-order chi connectivity index (χ1) is 14.1. The fourth-order valence-corrected chi connectivity index (χ4v) is 3.85. The molecule has 2 aromatic heterocycles. The lowest BCUT2D eigenvalue weighted by Crippen LogP contribution is -2.27. The van der Waals surface area contributed by atoms with Crippen LogP contribution in [-0.2, 0) is 11.3 Å². The smallest absolute Gasteiger partial charge is 0.267 e. The second-order valence-electron chi connectivity index (χ2n) is 7.72. The third-order valence-electron chi connectivity index (χ3n) is 5.34. The van der Waals surface area contributed by atoms with Crippen LogP contribution in [0.15, 0.2) is 29.5 Å². The lowest BCUT2D eigenvalue weighted by Gasteiger charge is -2.23. The standard InChI is InChI=1S/C22H28N4O3/c1-4-23-21(27)18-11-16(13-26(18)14(2)3)20-19-15(12-25-20)5-8-24-22(19)29-17-6-9-28-10-7-17/h5,8,11,13-14,17H,4,6-7,9-10,12H2,1-3H3,(H,23,27). The van der Waals surface area contributed by atoms with E-state index in [4.69, 9.17) is 14.5 Å². The lowest BCUT2D eigenvalue weighted by atomic mass is 10.0. The van der Waals surface area contributed by atoms with E-state index < -0.39 is 0 Å². The monoisotopic (exact) mass is 396 g/mol. The SMILES string of the molecule is CCNC(=O)c1cc(C2=NCc3ccnc(OC4CCOCC4)c32)cn1C(C)C. The number of hydrogen-bond donors (Lipinski definition) is 1. The fraction of sp³-hybridized carbons (Fsp3) is 0.500. The van der Waals surface area contributed by atoms with Gasteiger partial charge >= 0.3 is 0 Å². The molecule has 0 spiro atoms. The van der Waals surface area contributed by atoms with Crippen molar-refractivity contribution in [2.75, 3.05) is 19.8 Å². The van der Waals surface area contributed by atoms with Crippen molar-refractivity contribution in [2.24, 2.45) is 4.99 Å². The molecular weight excluding hydrogens is 368 g/mol. The van der Waals surface area contributed by atoms with E-state index in [1.165, 1.54) is 0 Å². The van der Waals surface area contributed by atoms with Crippen LogP contribution in [-0.4, -0.2) is 47.0 Å². The molecule has 0 bridgehead atoms. The maximum Gasteiger partial charge on any atom is 0.267 e. The maximum absolute atomic E-state index is 12.6. The topological polar surface area (TPSA) is 77.7 Å². The second kappa shape index (κ2) is 8.37. The van der Waals surface area contributed by atoms with Gasteiger partial charge in [-0.25, -0.2) is 4.98 Å². The largest absolute Gasteiger partial charge is 0.474 e. The molecule has 1 fully saturated rings. The van der Waals surface area contributed by atoms with Gasteiger partial charge in [0, 0.05) is 43.4 Å². The second-order valence-corrected chi connectivity index (χ2v) is 7.72. The summed E-state index contributed by atoms with van der Waals surface area (Å²) in [5.41, 5.74) is 4.46. The number of aromatic nitrogens is 2. The summed E-state index contributed by atoms with van der Waals surface area (Å²) in [6, 6.07) is 4.08. The molecular formula is C22H28N4O3. The van der Waals surface area contributed by atoms with Crippen LogP contribution in [0.1, 0.15) is 66.8 Å². The first-order valence-corrected chi connectivity index (χ1v) is 10.4. The minimum absolute atomic E-state index is 0.0730. The van der Waals surface area contributed by atoms with E-state index in [1.54, 1.807) is 6.20 Å². The van der Waals surface area contributed by atoms with Gasteiger partial charge < -0.3 is 19.4 Å². The van der Waals surface area contributed by atoms with Gasteiger partial charge in [0.25, 0.3) is 5.91 Å². The highest BCUT2D eigenvalue weighted by Gasteiger charge is 2.28. The number of nitrogens with one attached hydrogen (secondary N) is 1. The molecule has 2 aliphatic rings. The number of pyridine rings is 1. The maximum atomic E-state index is 12.6. The number of nitrogens with zero attached hydrogens (tertiary/aromatic N) is 3. The molecule has 7 nitrogen and oxygen atoms in total. The third kappa shape index (κ3) is 3.92. The van der Waals surface area contributed by atoms with E-state index in [1.807, 2.05) is 29.8 Å². The van der Waals surface area contributed by atoms with Gasteiger partial charge in [-0.05, 0) is 38.5 Å². The van der Waals surface area contributed by atoms with E-state index in [9.17, 15) is 4.79 Å². The molecule has 2 aromatic rings. The van der Waals surface area contributed by atoms with Crippen LogP contribution in [0.5, 0.6) is 5.88 Å². The highest BCUT2D eigenvalue weighted by molar-refractivity contribution is 6.17.